The van der Waals surface area contributed by atoms with Gasteiger partial charge in [0, 0.05) is 43.2 Å². The monoisotopic (exact) mass is 559 g/mol. The minimum atomic E-state index is -1.11. The number of rotatable bonds is 16. The maximum Gasteiger partial charge on any atom is 0.253 e. The van der Waals surface area contributed by atoms with E-state index in [2.05, 4.69) is 10.6 Å². The van der Waals surface area contributed by atoms with Gasteiger partial charge in [0.05, 0.1) is 12.1 Å². The summed E-state index contributed by atoms with van der Waals surface area (Å²) in [6.07, 6.45) is 2.62. The highest BCUT2D eigenvalue weighted by Gasteiger charge is 2.24. The van der Waals surface area contributed by atoms with Crippen molar-refractivity contribution in [3.8, 4) is 0 Å². The molecule has 0 aliphatic rings. The molecule has 0 fully saturated rings. The molecule has 0 aromatic heterocycles. The molecular formula is C31H43F2N3O4. The Labute approximate surface area is 236 Å². The predicted molar refractivity (Wildman–Crippen MR) is 152 cm³/mol. The van der Waals surface area contributed by atoms with Gasteiger partial charge < -0.3 is 20.6 Å². The molecule has 40 heavy (non-hydrogen) atoms. The number of hydrogen-bond donors (Lipinski definition) is 3. The molecule has 0 spiro atoms. The average molecular weight is 560 g/mol. The summed E-state index contributed by atoms with van der Waals surface area (Å²) in [5.74, 6) is -2.33. The van der Waals surface area contributed by atoms with E-state index in [1.807, 2.05) is 20.8 Å². The van der Waals surface area contributed by atoms with Crippen LogP contribution in [0.25, 0.3) is 0 Å². The lowest BCUT2D eigenvalue weighted by Gasteiger charge is -2.25. The van der Waals surface area contributed by atoms with E-state index >= 15 is 0 Å². The number of aliphatic hydroxyl groups is 1. The number of carbonyl (C=O) groups is 3. The molecule has 7 nitrogen and oxygen atoms in total. The molecule has 2 atom stereocenters. The van der Waals surface area contributed by atoms with Crippen molar-refractivity contribution in [2.24, 2.45) is 0 Å². The molecule has 0 radical (unpaired) electrons. The summed E-state index contributed by atoms with van der Waals surface area (Å²) in [4.78, 5) is 40.3. The fourth-order valence-corrected chi connectivity index (χ4v) is 4.58. The van der Waals surface area contributed by atoms with Crippen LogP contribution < -0.4 is 10.6 Å². The van der Waals surface area contributed by atoms with Crippen molar-refractivity contribution in [3.63, 3.8) is 0 Å². The molecule has 2 aromatic carbocycles. The number of aryl methyl sites for hydroxylation is 1. The van der Waals surface area contributed by atoms with Crippen LogP contribution in [0.4, 0.5) is 8.78 Å². The first-order valence-corrected chi connectivity index (χ1v) is 14.2. The summed E-state index contributed by atoms with van der Waals surface area (Å²) >= 11 is 0. The van der Waals surface area contributed by atoms with Gasteiger partial charge >= 0.3 is 0 Å². The maximum absolute atomic E-state index is 13.9. The fourth-order valence-electron chi connectivity index (χ4n) is 4.58. The SMILES string of the molecule is CCCCC(=O)NCC[C@H](O)[C@H](Cc1cc(F)cc(F)c1)NC(=O)c1cc(C)cc(C(=O)N(CCC)CCC)c1. The van der Waals surface area contributed by atoms with Crippen LogP contribution in [0.1, 0.15) is 91.1 Å². The number of unbranched alkanes of at least 4 members (excludes halogenated alkanes) is 1. The highest BCUT2D eigenvalue weighted by atomic mass is 19.1. The Hall–Kier alpha value is -3.33. The maximum atomic E-state index is 13.9. The van der Waals surface area contributed by atoms with Crippen LogP contribution in [0.3, 0.4) is 0 Å². The summed E-state index contributed by atoms with van der Waals surface area (Å²) in [7, 11) is 0. The van der Waals surface area contributed by atoms with E-state index in [-0.39, 0.29) is 42.3 Å². The van der Waals surface area contributed by atoms with Crippen molar-refractivity contribution in [2.75, 3.05) is 19.6 Å². The molecule has 220 valence electrons. The quantitative estimate of drug-likeness (QED) is 0.272. The number of halogens is 2. The molecule has 0 saturated carbocycles. The first kappa shape index (κ1) is 32.9. The van der Waals surface area contributed by atoms with Gasteiger partial charge in [-0.05, 0) is 80.5 Å². The van der Waals surface area contributed by atoms with Crippen molar-refractivity contribution in [1.29, 1.82) is 0 Å². The van der Waals surface area contributed by atoms with Gasteiger partial charge in [-0.3, -0.25) is 14.4 Å². The number of carbonyl (C=O) groups excluding carboxylic acids is 3. The Balaban J connectivity index is 2.25. The Kier molecular flexibility index (Phi) is 13.7. The Morgan fingerprint density at radius 1 is 0.900 bits per heavy atom. The molecule has 0 bridgehead atoms. The lowest BCUT2D eigenvalue weighted by molar-refractivity contribution is -0.121. The lowest BCUT2D eigenvalue weighted by Crippen LogP contribution is -2.46. The number of hydrogen-bond acceptors (Lipinski definition) is 4. The van der Waals surface area contributed by atoms with Crippen LogP contribution in [0.15, 0.2) is 36.4 Å². The van der Waals surface area contributed by atoms with E-state index in [0.717, 1.165) is 49.4 Å². The lowest BCUT2D eigenvalue weighted by atomic mass is 9.97. The second-order valence-corrected chi connectivity index (χ2v) is 10.3. The van der Waals surface area contributed by atoms with Crippen molar-refractivity contribution in [1.82, 2.24) is 15.5 Å². The zero-order chi connectivity index (χ0) is 29.7. The van der Waals surface area contributed by atoms with E-state index in [9.17, 15) is 28.3 Å². The molecule has 3 amide bonds. The molecule has 0 aliphatic carbocycles. The summed E-state index contributed by atoms with van der Waals surface area (Å²) in [6.45, 7) is 9.17. The number of nitrogens with zero attached hydrogens (tertiary/aromatic N) is 1. The number of amides is 3. The normalized spacial score (nSPS) is 12.5. The molecule has 0 saturated heterocycles. The molecule has 3 N–H and O–H groups in total. The van der Waals surface area contributed by atoms with Gasteiger partial charge in [0.2, 0.25) is 5.91 Å². The first-order valence-electron chi connectivity index (χ1n) is 14.2. The third kappa shape index (κ3) is 10.7. The Bertz CT molecular complexity index is 1120. The van der Waals surface area contributed by atoms with Crippen molar-refractivity contribution in [2.45, 2.75) is 84.8 Å². The second kappa shape index (κ2) is 16.7. The number of aliphatic hydroxyl groups excluding tert-OH is 1. The smallest absolute Gasteiger partial charge is 0.253 e. The van der Waals surface area contributed by atoms with E-state index in [1.165, 1.54) is 6.07 Å². The minimum absolute atomic E-state index is 0.0379. The van der Waals surface area contributed by atoms with E-state index < -0.39 is 29.7 Å². The Morgan fingerprint density at radius 3 is 2.12 bits per heavy atom. The number of nitrogens with one attached hydrogen (secondary N) is 2. The zero-order valence-electron chi connectivity index (χ0n) is 24.1. The van der Waals surface area contributed by atoms with Gasteiger partial charge in [0.1, 0.15) is 11.6 Å². The van der Waals surface area contributed by atoms with Gasteiger partial charge in [-0.2, -0.15) is 0 Å². The van der Waals surface area contributed by atoms with Gasteiger partial charge in [-0.15, -0.1) is 0 Å². The topological polar surface area (TPSA) is 98.7 Å². The summed E-state index contributed by atoms with van der Waals surface area (Å²) in [5.41, 5.74) is 1.63. The van der Waals surface area contributed by atoms with E-state index in [4.69, 9.17) is 0 Å². The highest BCUT2D eigenvalue weighted by molar-refractivity contribution is 6.00. The minimum Gasteiger partial charge on any atom is -0.391 e. The average Bonchev–Trinajstić information content (AvgIpc) is 2.90. The van der Waals surface area contributed by atoms with Crippen LogP contribution in [0.2, 0.25) is 0 Å². The van der Waals surface area contributed by atoms with Gasteiger partial charge in [0.15, 0.2) is 0 Å². The van der Waals surface area contributed by atoms with Crippen LogP contribution in [0, 0.1) is 18.6 Å². The second-order valence-electron chi connectivity index (χ2n) is 10.3. The van der Waals surface area contributed by atoms with Crippen LogP contribution in [-0.4, -0.2) is 59.5 Å². The molecular weight excluding hydrogens is 516 g/mol. The van der Waals surface area contributed by atoms with E-state index in [1.54, 1.807) is 24.0 Å². The van der Waals surface area contributed by atoms with Crippen LogP contribution >= 0.6 is 0 Å². The van der Waals surface area contributed by atoms with Gasteiger partial charge in [0.25, 0.3) is 11.8 Å². The van der Waals surface area contributed by atoms with Crippen LogP contribution in [0.5, 0.6) is 0 Å². The van der Waals surface area contributed by atoms with E-state index in [0.29, 0.717) is 25.1 Å². The van der Waals surface area contributed by atoms with Gasteiger partial charge in [-0.25, -0.2) is 8.78 Å². The molecule has 0 aliphatic heterocycles. The molecule has 0 heterocycles. The third-order valence-electron chi connectivity index (χ3n) is 6.54. The summed E-state index contributed by atoms with van der Waals surface area (Å²) in [5, 5.41) is 16.5. The predicted octanol–water partition coefficient (Wildman–Crippen LogP) is 4.93. The third-order valence-corrected chi connectivity index (χ3v) is 6.54. The Morgan fingerprint density at radius 2 is 1.52 bits per heavy atom. The molecule has 2 rings (SSSR count). The molecule has 9 heteroatoms. The molecule has 0 unspecified atom stereocenters. The highest BCUT2D eigenvalue weighted by Crippen LogP contribution is 2.16. The first-order chi connectivity index (χ1) is 19.1. The van der Waals surface area contributed by atoms with Crippen molar-refractivity contribution in [3.05, 3.63) is 70.3 Å². The molecule has 2 aromatic rings. The summed E-state index contributed by atoms with van der Waals surface area (Å²) < 4.78 is 27.7. The number of benzene rings is 2. The standard InChI is InChI=1S/C31H43F2N3O4/c1-5-8-9-29(38)34-11-10-28(37)27(18-22-16-25(32)20-26(33)17-22)35-30(39)23-14-21(4)15-24(19-23)31(40)36(12-6-2)13-7-3/h14-17,19-20,27-28,37H,5-13,18H2,1-4H3,(H,34,38)(H,35,39)/t27-,28-/m0/s1. The van der Waals surface area contributed by atoms with Crippen LogP contribution in [-0.2, 0) is 11.2 Å². The van der Waals surface area contributed by atoms with Crippen molar-refractivity contribution < 1.29 is 28.3 Å². The van der Waals surface area contributed by atoms with Crippen molar-refractivity contribution >= 4 is 17.7 Å². The fraction of sp³-hybridized carbons (Fsp3) is 0.516. The van der Waals surface area contributed by atoms with Gasteiger partial charge in [-0.1, -0.05) is 27.2 Å². The summed E-state index contributed by atoms with van der Waals surface area (Å²) in [6, 6.07) is 7.07. The largest absolute Gasteiger partial charge is 0.391 e. The zero-order valence-corrected chi connectivity index (χ0v) is 24.1.